The van der Waals surface area contributed by atoms with Crippen LogP contribution in [0.3, 0.4) is 0 Å². The van der Waals surface area contributed by atoms with Crippen molar-refractivity contribution in [2.24, 2.45) is 0 Å². The fourth-order valence-electron chi connectivity index (χ4n) is 3.38. The van der Waals surface area contributed by atoms with Crippen LogP contribution < -0.4 is 0 Å². The van der Waals surface area contributed by atoms with E-state index in [1.165, 1.54) is 0 Å². The largest absolute Gasteiger partial charge is 0.383 e. The van der Waals surface area contributed by atoms with E-state index in [0.29, 0.717) is 50.5 Å². The Kier molecular flexibility index (Phi) is 7.38. The minimum atomic E-state index is -0.234. The smallest absolute Gasteiger partial charge is 0.254 e. The number of benzene rings is 2. The van der Waals surface area contributed by atoms with Crippen molar-refractivity contribution in [2.45, 2.75) is 13.0 Å². The number of morpholine rings is 1. The highest BCUT2D eigenvalue weighted by Gasteiger charge is 2.28. The Morgan fingerprint density at radius 2 is 1.83 bits per heavy atom. The van der Waals surface area contributed by atoms with Gasteiger partial charge in [-0.25, -0.2) is 0 Å². The number of methoxy groups -OCH3 is 1. The number of aryl methyl sites for hydroxylation is 1. The van der Waals surface area contributed by atoms with Crippen molar-refractivity contribution in [1.82, 2.24) is 9.80 Å². The summed E-state index contributed by atoms with van der Waals surface area (Å²) in [7, 11) is 1.62. The predicted octanol–water partition coefficient (Wildman–Crippen LogP) is 2.62. The Morgan fingerprint density at radius 3 is 2.52 bits per heavy atom. The van der Waals surface area contributed by atoms with Gasteiger partial charge in [-0.3, -0.25) is 9.59 Å². The van der Waals surface area contributed by atoms with E-state index in [1.807, 2.05) is 49.4 Å². The maximum atomic E-state index is 12.9. The summed E-state index contributed by atoms with van der Waals surface area (Å²) in [6.07, 6.45) is -0.234. The molecule has 1 heterocycles. The molecule has 0 aliphatic carbocycles. The summed E-state index contributed by atoms with van der Waals surface area (Å²) in [5.41, 5.74) is 2.43. The lowest BCUT2D eigenvalue weighted by atomic mass is 10.1. The lowest BCUT2D eigenvalue weighted by molar-refractivity contribution is -0.0346. The summed E-state index contributed by atoms with van der Waals surface area (Å²) in [6, 6.07) is 16.8. The van der Waals surface area contributed by atoms with Gasteiger partial charge in [-0.05, 0) is 31.2 Å². The summed E-state index contributed by atoms with van der Waals surface area (Å²) in [5.74, 6) is -0.0654. The first-order chi connectivity index (χ1) is 14.1. The molecular weight excluding hydrogens is 368 g/mol. The van der Waals surface area contributed by atoms with Crippen LogP contribution in [0.1, 0.15) is 26.3 Å². The number of nitrogens with zero attached hydrogens (tertiary/aromatic N) is 2. The molecule has 1 atom stereocenters. The maximum Gasteiger partial charge on any atom is 0.254 e. The van der Waals surface area contributed by atoms with Crippen molar-refractivity contribution in [3.05, 3.63) is 71.3 Å². The van der Waals surface area contributed by atoms with Gasteiger partial charge in [0.15, 0.2) is 0 Å². The second-order valence-electron chi connectivity index (χ2n) is 7.22. The Labute approximate surface area is 172 Å². The molecule has 0 bridgehead atoms. The van der Waals surface area contributed by atoms with Crippen LogP contribution in [-0.4, -0.2) is 74.2 Å². The zero-order chi connectivity index (χ0) is 20.6. The van der Waals surface area contributed by atoms with Gasteiger partial charge < -0.3 is 19.3 Å². The van der Waals surface area contributed by atoms with Gasteiger partial charge in [-0.2, -0.15) is 0 Å². The average Bonchev–Trinajstić information content (AvgIpc) is 2.77. The molecule has 1 unspecified atom stereocenters. The number of ether oxygens (including phenoxy) is 2. The molecule has 1 saturated heterocycles. The van der Waals surface area contributed by atoms with E-state index < -0.39 is 0 Å². The van der Waals surface area contributed by atoms with Crippen LogP contribution in [0, 0.1) is 6.92 Å². The van der Waals surface area contributed by atoms with Crippen LogP contribution in [0.15, 0.2) is 54.6 Å². The molecule has 2 aromatic rings. The van der Waals surface area contributed by atoms with Gasteiger partial charge >= 0.3 is 0 Å². The Balaban J connectivity index is 1.66. The van der Waals surface area contributed by atoms with Gasteiger partial charge in [0.05, 0.1) is 19.3 Å². The molecule has 154 valence electrons. The normalized spacial score (nSPS) is 16.5. The Morgan fingerprint density at radius 1 is 1.10 bits per heavy atom. The van der Waals surface area contributed by atoms with E-state index in [2.05, 4.69) is 0 Å². The molecule has 0 radical (unpaired) electrons. The number of amides is 2. The van der Waals surface area contributed by atoms with Crippen molar-refractivity contribution in [2.75, 3.05) is 46.5 Å². The minimum absolute atomic E-state index is 0.00359. The van der Waals surface area contributed by atoms with Crippen LogP contribution in [0.25, 0.3) is 0 Å². The zero-order valence-corrected chi connectivity index (χ0v) is 17.0. The van der Waals surface area contributed by atoms with E-state index in [4.69, 9.17) is 9.47 Å². The van der Waals surface area contributed by atoms with Crippen LogP contribution in [0.4, 0.5) is 0 Å². The van der Waals surface area contributed by atoms with Gasteiger partial charge in [0.1, 0.15) is 0 Å². The summed E-state index contributed by atoms with van der Waals surface area (Å²) in [5, 5.41) is 0. The average molecular weight is 396 g/mol. The summed E-state index contributed by atoms with van der Waals surface area (Å²) >= 11 is 0. The molecule has 2 aromatic carbocycles. The molecule has 1 aliphatic heterocycles. The van der Waals surface area contributed by atoms with E-state index >= 15 is 0 Å². The standard InChI is InChI=1S/C23H28N2O4/c1-18-8-10-20(11-9-18)23(27)25-13-15-29-21(17-25)16-24(12-14-28-2)22(26)19-6-4-3-5-7-19/h3-11,21H,12-17H2,1-2H3. The minimum Gasteiger partial charge on any atom is -0.383 e. The van der Waals surface area contributed by atoms with Gasteiger partial charge in [-0.15, -0.1) is 0 Å². The number of hydrogen-bond donors (Lipinski definition) is 0. The Bertz CT molecular complexity index is 807. The summed E-state index contributed by atoms with van der Waals surface area (Å²) in [6.45, 7) is 4.78. The third kappa shape index (κ3) is 5.65. The number of carbonyl (C=O) groups is 2. The molecule has 2 amide bonds. The lowest BCUT2D eigenvalue weighted by Crippen LogP contribution is -2.51. The molecule has 6 nitrogen and oxygen atoms in total. The molecule has 29 heavy (non-hydrogen) atoms. The van der Waals surface area contributed by atoms with Crippen LogP contribution in [0.2, 0.25) is 0 Å². The quantitative estimate of drug-likeness (QED) is 0.722. The molecule has 1 aliphatic rings. The van der Waals surface area contributed by atoms with E-state index in [1.54, 1.807) is 29.0 Å². The van der Waals surface area contributed by atoms with Gasteiger partial charge in [0.25, 0.3) is 11.8 Å². The topological polar surface area (TPSA) is 59.1 Å². The molecule has 0 N–H and O–H groups in total. The number of hydrogen-bond acceptors (Lipinski definition) is 4. The van der Waals surface area contributed by atoms with Crippen molar-refractivity contribution in [3.63, 3.8) is 0 Å². The second-order valence-corrected chi connectivity index (χ2v) is 7.22. The second kappa shape index (κ2) is 10.2. The van der Waals surface area contributed by atoms with Crippen molar-refractivity contribution >= 4 is 11.8 Å². The first-order valence-electron chi connectivity index (χ1n) is 9.89. The monoisotopic (exact) mass is 396 g/mol. The molecule has 6 heteroatoms. The highest BCUT2D eigenvalue weighted by molar-refractivity contribution is 5.95. The molecular formula is C23H28N2O4. The predicted molar refractivity (Wildman–Crippen MR) is 111 cm³/mol. The van der Waals surface area contributed by atoms with Crippen molar-refractivity contribution in [3.8, 4) is 0 Å². The van der Waals surface area contributed by atoms with Gasteiger partial charge in [0.2, 0.25) is 0 Å². The van der Waals surface area contributed by atoms with Crippen LogP contribution in [0.5, 0.6) is 0 Å². The molecule has 1 fully saturated rings. The SMILES string of the molecule is COCCN(CC1CN(C(=O)c2ccc(C)cc2)CCO1)C(=O)c1ccccc1. The van der Waals surface area contributed by atoms with Crippen molar-refractivity contribution < 1.29 is 19.1 Å². The molecule has 3 rings (SSSR count). The fraction of sp³-hybridized carbons (Fsp3) is 0.391. The highest BCUT2D eigenvalue weighted by Crippen LogP contribution is 2.14. The lowest BCUT2D eigenvalue weighted by Gasteiger charge is -2.36. The molecule has 0 spiro atoms. The van der Waals surface area contributed by atoms with E-state index in [9.17, 15) is 9.59 Å². The first kappa shape index (κ1) is 21.0. The molecule has 0 aromatic heterocycles. The van der Waals surface area contributed by atoms with Crippen LogP contribution in [-0.2, 0) is 9.47 Å². The first-order valence-corrected chi connectivity index (χ1v) is 9.89. The summed E-state index contributed by atoms with van der Waals surface area (Å²) < 4.78 is 11.1. The van der Waals surface area contributed by atoms with Crippen LogP contribution >= 0.6 is 0 Å². The van der Waals surface area contributed by atoms with E-state index in [-0.39, 0.29) is 17.9 Å². The summed E-state index contributed by atoms with van der Waals surface area (Å²) in [4.78, 5) is 29.3. The number of rotatable bonds is 7. The van der Waals surface area contributed by atoms with Crippen molar-refractivity contribution in [1.29, 1.82) is 0 Å². The fourth-order valence-corrected chi connectivity index (χ4v) is 3.38. The van der Waals surface area contributed by atoms with Gasteiger partial charge in [-0.1, -0.05) is 35.9 Å². The van der Waals surface area contributed by atoms with Gasteiger partial charge in [0, 0.05) is 44.4 Å². The zero-order valence-electron chi connectivity index (χ0n) is 17.0. The Hall–Kier alpha value is -2.70. The third-order valence-corrected chi connectivity index (χ3v) is 5.02. The van der Waals surface area contributed by atoms with E-state index in [0.717, 1.165) is 5.56 Å². The third-order valence-electron chi connectivity index (χ3n) is 5.02. The molecule has 0 saturated carbocycles. The number of carbonyl (C=O) groups excluding carboxylic acids is 2. The highest BCUT2D eigenvalue weighted by atomic mass is 16.5. The maximum absolute atomic E-state index is 12.9.